The number of rotatable bonds is 0. The van der Waals surface area contributed by atoms with E-state index in [0.717, 1.165) is 5.52 Å². The van der Waals surface area contributed by atoms with Crippen molar-refractivity contribution in [2.45, 2.75) is 6.92 Å². The van der Waals surface area contributed by atoms with Crippen LogP contribution < -0.4 is 0 Å². The monoisotopic (exact) mass is 185 g/mol. The number of hydrogen-bond donors (Lipinski definition) is 0. The predicted octanol–water partition coefficient (Wildman–Crippen LogP) is 1.57. The third kappa shape index (κ3) is 1.15. The molecule has 0 aliphatic carbocycles. The molecule has 0 N–H and O–H groups in total. The minimum absolute atomic E-state index is 0.0859. The van der Waals surface area contributed by atoms with Crippen LogP contribution in [0, 0.1) is 11.3 Å². The molecule has 2 rings (SSSR count). The summed E-state index contributed by atoms with van der Waals surface area (Å²) in [5, 5.41) is 8.66. The Hall–Kier alpha value is -2.15. The Morgan fingerprint density at radius 1 is 1.57 bits per heavy atom. The van der Waals surface area contributed by atoms with E-state index < -0.39 is 0 Å². The lowest BCUT2D eigenvalue weighted by atomic mass is 10.2. The second-order valence-electron chi connectivity index (χ2n) is 2.95. The summed E-state index contributed by atoms with van der Waals surface area (Å²) < 4.78 is 1.45. The molecule has 0 spiro atoms. The van der Waals surface area contributed by atoms with Crippen molar-refractivity contribution in [1.82, 2.24) is 9.55 Å². The zero-order valence-corrected chi connectivity index (χ0v) is 7.56. The second kappa shape index (κ2) is 2.96. The number of carbonyl (C=O) groups is 1. The van der Waals surface area contributed by atoms with E-state index in [1.54, 1.807) is 18.2 Å². The van der Waals surface area contributed by atoms with E-state index in [1.165, 1.54) is 17.8 Å². The highest BCUT2D eigenvalue weighted by Crippen LogP contribution is 2.14. The van der Waals surface area contributed by atoms with E-state index >= 15 is 0 Å². The first-order valence-electron chi connectivity index (χ1n) is 4.10. The van der Waals surface area contributed by atoms with Gasteiger partial charge in [0.1, 0.15) is 6.33 Å². The summed E-state index contributed by atoms with van der Waals surface area (Å²) >= 11 is 0. The Morgan fingerprint density at radius 3 is 3.00 bits per heavy atom. The molecule has 2 aromatic rings. The molecule has 0 aliphatic heterocycles. The molecule has 0 saturated carbocycles. The number of benzene rings is 1. The average Bonchev–Trinajstić information content (AvgIpc) is 2.59. The van der Waals surface area contributed by atoms with E-state index in [4.69, 9.17) is 5.26 Å². The molecule has 0 aliphatic rings. The van der Waals surface area contributed by atoms with Gasteiger partial charge in [-0.3, -0.25) is 9.36 Å². The number of fused-ring (bicyclic) bond motifs is 1. The van der Waals surface area contributed by atoms with Gasteiger partial charge in [-0.1, -0.05) is 0 Å². The van der Waals surface area contributed by atoms with Crippen LogP contribution in [0.2, 0.25) is 0 Å². The van der Waals surface area contributed by atoms with Gasteiger partial charge >= 0.3 is 0 Å². The van der Waals surface area contributed by atoms with Gasteiger partial charge < -0.3 is 0 Å². The minimum atomic E-state index is -0.0859. The van der Waals surface area contributed by atoms with Crippen molar-refractivity contribution in [1.29, 1.82) is 5.26 Å². The summed E-state index contributed by atoms with van der Waals surface area (Å²) in [6, 6.07) is 7.08. The second-order valence-corrected chi connectivity index (χ2v) is 2.95. The van der Waals surface area contributed by atoms with E-state index in [0.29, 0.717) is 11.1 Å². The first kappa shape index (κ1) is 8.45. The van der Waals surface area contributed by atoms with Gasteiger partial charge in [0.25, 0.3) is 0 Å². The molecule has 4 nitrogen and oxygen atoms in total. The zero-order valence-electron chi connectivity index (χ0n) is 7.56. The van der Waals surface area contributed by atoms with Crippen LogP contribution in [-0.4, -0.2) is 15.5 Å². The summed E-state index contributed by atoms with van der Waals surface area (Å²) in [4.78, 5) is 15.2. The van der Waals surface area contributed by atoms with Gasteiger partial charge in [0, 0.05) is 6.92 Å². The molecule has 0 atom stereocenters. The molecule has 1 aromatic heterocycles. The molecule has 68 valence electrons. The molecular formula is C10H7N3O. The van der Waals surface area contributed by atoms with E-state index in [2.05, 4.69) is 4.98 Å². The summed E-state index contributed by atoms with van der Waals surface area (Å²) in [5.74, 6) is -0.0859. The molecule has 0 amide bonds. The van der Waals surface area contributed by atoms with Gasteiger partial charge in [-0.2, -0.15) is 5.26 Å². The van der Waals surface area contributed by atoms with Gasteiger partial charge in [-0.05, 0) is 18.2 Å². The lowest BCUT2D eigenvalue weighted by Crippen LogP contribution is -2.02. The van der Waals surface area contributed by atoms with Crippen molar-refractivity contribution in [3.63, 3.8) is 0 Å². The molecule has 0 radical (unpaired) electrons. The summed E-state index contributed by atoms with van der Waals surface area (Å²) in [6.07, 6.45) is 1.47. The molecule has 0 unspecified atom stereocenters. The maximum Gasteiger partial charge on any atom is 0.229 e. The van der Waals surface area contributed by atoms with Crippen LogP contribution in [0.1, 0.15) is 17.3 Å². The van der Waals surface area contributed by atoms with Crippen LogP contribution in [-0.2, 0) is 0 Å². The number of hydrogen-bond acceptors (Lipinski definition) is 3. The Balaban J connectivity index is 2.73. The maximum absolute atomic E-state index is 11.1. The number of nitrogens with zero attached hydrogens (tertiary/aromatic N) is 3. The summed E-state index contributed by atoms with van der Waals surface area (Å²) in [7, 11) is 0. The summed E-state index contributed by atoms with van der Waals surface area (Å²) in [5.41, 5.74) is 1.95. The van der Waals surface area contributed by atoms with Crippen LogP contribution in [0.25, 0.3) is 11.0 Å². The largest absolute Gasteiger partial charge is 0.274 e. The Morgan fingerprint density at radius 2 is 2.36 bits per heavy atom. The Kier molecular flexibility index (Phi) is 1.79. The standard InChI is InChI=1S/C10H7N3O/c1-7(14)13-6-12-9-4-8(5-11)2-3-10(9)13/h2-4,6H,1H3. The fraction of sp³-hybridized carbons (Fsp3) is 0.100. The van der Waals surface area contributed by atoms with Crippen LogP contribution in [0.15, 0.2) is 24.5 Å². The highest BCUT2D eigenvalue weighted by molar-refractivity contribution is 5.89. The highest BCUT2D eigenvalue weighted by Gasteiger charge is 2.05. The lowest BCUT2D eigenvalue weighted by molar-refractivity contribution is 0.0941. The topological polar surface area (TPSA) is 58.7 Å². The molecule has 1 aromatic carbocycles. The van der Waals surface area contributed by atoms with E-state index in [1.807, 2.05) is 6.07 Å². The third-order valence-corrected chi connectivity index (χ3v) is 2.02. The molecule has 4 heteroatoms. The fourth-order valence-corrected chi connectivity index (χ4v) is 1.33. The third-order valence-electron chi connectivity index (χ3n) is 2.02. The van der Waals surface area contributed by atoms with Crippen molar-refractivity contribution >= 4 is 16.9 Å². The van der Waals surface area contributed by atoms with Crippen molar-refractivity contribution < 1.29 is 4.79 Å². The normalized spacial score (nSPS) is 10.0. The van der Waals surface area contributed by atoms with E-state index in [-0.39, 0.29) is 5.91 Å². The first-order valence-corrected chi connectivity index (χ1v) is 4.10. The van der Waals surface area contributed by atoms with Gasteiger partial charge in [-0.15, -0.1) is 0 Å². The molecule has 0 fully saturated rings. The highest BCUT2D eigenvalue weighted by atomic mass is 16.1. The average molecular weight is 185 g/mol. The smallest absolute Gasteiger partial charge is 0.229 e. The lowest BCUT2D eigenvalue weighted by Gasteiger charge is -1.96. The maximum atomic E-state index is 11.1. The minimum Gasteiger partial charge on any atom is -0.274 e. The van der Waals surface area contributed by atoms with Gasteiger partial charge in [0.2, 0.25) is 5.91 Å². The van der Waals surface area contributed by atoms with Gasteiger partial charge in [0.05, 0.1) is 22.7 Å². The van der Waals surface area contributed by atoms with Crippen LogP contribution in [0.4, 0.5) is 0 Å². The quantitative estimate of drug-likeness (QED) is 0.625. The molecule has 14 heavy (non-hydrogen) atoms. The number of imidazole rings is 1. The SMILES string of the molecule is CC(=O)n1cnc2cc(C#N)ccc21. The van der Waals surface area contributed by atoms with Crippen molar-refractivity contribution in [3.8, 4) is 6.07 Å². The van der Waals surface area contributed by atoms with E-state index in [9.17, 15) is 4.79 Å². The first-order chi connectivity index (χ1) is 6.72. The van der Waals surface area contributed by atoms with Crippen LogP contribution in [0.5, 0.6) is 0 Å². The molecule has 1 heterocycles. The molecule has 0 bridgehead atoms. The Labute approximate surface area is 80.4 Å². The van der Waals surface area contributed by atoms with Gasteiger partial charge in [0.15, 0.2) is 0 Å². The predicted molar refractivity (Wildman–Crippen MR) is 50.7 cm³/mol. The number of carbonyl (C=O) groups excluding carboxylic acids is 1. The summed E-state index contributed by atoms with van der Waals surface area (Å²) in [6.45, 7) is 1.47. The molecular weight excluding hydrogens is 178 g/mol. The van der Waals surface area contributed by atoms with Crippen molar-refractivity contribution in [2.75, 3.05) is 0 Å². The molecule has 0 saturated heterocycles. The van der Waals surface area contributed by atoms with Crippen molar-refractivity contribution in [2.24, 2.45) is 0 Å². The van der Waals surface area contributed by atoms with Crippen LogP contribution in [0.3, 0.4) is 0 Å². The number of nitriles is 1. The van der Waals surface area contributed by atoms with Crippen LogP contribution >= 0.6 is 0 Å². The fourth-order valence-electron chi connectivity index (χ4n) is 1.33. The van der Waals surface area contributed by atoms with Gasteiger partial charge in [-0.25, -0.2) is 4.98 Å². The Bertz CT molecular complexity index is 548. The van der Waals surface area contributed by atoms with Crippen molar-refractivity contribution in [3.05, 3.63) is 30.1 Å². The number of aromatic nitrogens is 2. The zero-order chi connectivity index (χ0) is 10.1.